The number of hydrogen-bond donors (Lipinski definition) is 2. The first kappa shape index (κ1) is 12.1. The summed E-state index contributed by atoms with van der Waals surface area (Å²) in [4.78, 5) is 8.74. The third-order valence-corrected chi connectivity index (χ3v) is 3.06. The van der Waals surface area contributed by atoms with Gasteiger partial charge in [-0.25, -0.2) is 9.97 Å². The van der Waals surface area contributed by atoms with Crippen LogP contribution in [0.15, 0.2) is 6.07 Å². The van der Waals surface area contributed by atoms with Crippen molar-refractivity contribution in [3.8, 4) is 0 Å². The van der Waals surface area contributed by atoms with Crippen molar-refractivity contribution in [2.24, 2.45) is 5.92 Å². The van der Waals surface area contributed by atoms with E-state index in [-0.39, 0.29) is 0 Å². The minimum Gasteiger partial charge on any atom is -0.384 e. The topological polar surface area (TPSA) is 63.8 Å². The molecule has 0 bridgehead atoms. The third-order valence-electron chi connectivity index (χ3n) is 3.06. The van der Waals surface area contributed by atoms with Crippen molar-refractivity contribution >= 4 is 11.6 Å². The van der Waals surface area contributed by atoms with E-state index < -0.39 is 0 Å². The highest BCUT2D eigenvalue weighted by Crippen LogP contribution is 2.34. The number of hydrogen-bond acceptors (Lipinski definition) is 4. The van der Waals surface area contributed by atoms with Crippen LogP contribution in [0.4, 0.5) is 11.6 Å². The molecular formula is C13H22N4. The Labute approximate surface area is 103 Å². The van der Waals surface area contributed by atoms with Crippen molar-refractivity contribution in [2.75, 3.05) is 11.1 Å². The minimum absolute atomic E-state index is 0.304. The van der Waals surface area contributed by atoms with Gasteiger partial charge in [0.05, 0.1) is 0 Å². The fourth-order valence-corrected chi connectivity index (χ4v) is 1.98. The van der Waals surface area contributed by atoms with E-state index in [1.807, 2.05) is 6.07 Å². The second-order valence-electron chi connectivity index (χ2n) is 5.42. The Kier molecular flexibility index (Phi) is 3.50. The summed E-state index contributed by atoms with van der Waals surface area (Å²) in [6.07, 6.45) is 3.99. The quantitative estimate of drug-likeness (QED) is 0.822. The maximum Gasteiger partial charge on any atom is 0.135 e. The first-order valence-corrected chi connectivity index (χ1v) is 6.45. The maximum atomic E-state index is 5.80. The first-order valence-electron chi connectivity index (χ1n) is 6.45. The number of aromatic nitrogens is 2. The van der Waals surface area contributed by atoms with E-state index in [1.165, 1.54) is 19.3 Å². The zero-order chi connectivity index (χ0) is 12.4. The van der Waals surface area contributed by atoms with Crippen molar-refractivity contribution in [1.82, 2.24) is 9.97 Å². The Morgan fingerprint density at radius 3 is 2.65 bits per heavy atom. The van der Waals surface area contributed by atoms with Gasteiger partial charge in [-0.1, -0.05) is 26.7 Å². The number of nitrogens with zero attached hydrogens (tertiary/aromatic N) is 2. The second kappa shape index (κ2) is 4.90. The molecule has 4 nitrogen and oxygen atoms in total. The molecule has 1 atom stereocenters. The van der Waals surface area contributed by atoms with Gasteiger partial charge in [-0.05, 0) is 19.3 Å². The zero-order valence-electron chi connectivity index (χ0n) is 10.9. The fraction of sp³-hybridized carbons (Fsp3) is 0.692. The van der Waals surface area contributed by atoms with Gasteiger partial charge in [0.2, 0.25) is 0 Å². The summed E-state index contributed by atoms with van der Waals surface area (Å²) in [5, 5.41) is 3.42. The van der Waals surface area contributed by atoms with Gasteiger partial charge in [0.25, 0.3) is 0 Å². The van der Waals surface area contributed by atoms with Gasteiger partial charge in [-0.2, -0.15) is 0 Å². The molecule has 1 aromatic rings. The molecule has 0 spiro atoms. The lowest BCUT2D eigenvalue weighted by Gasteiger charge is -2.15. The van der Waals surface area contributed by atoms with Crippen LogP contribution in [0.2, 0.25) is 0 Å². The van der Waals surface area contributed by atoms with E-state index in [2.05, 4.69) is 36.1 Å². The Hall–Kier alpha value is -1.32. The van der Waals surface area contributed by atoms with E-state index in [4.69, 9.17) is 5.73 Å². The summed E-state index contributed by atoms with van der Waals surface area (Å²) in [5.41, 5.74) is 5.80. The number of nitrogen functional groups attached to an aromatic ring is 1. The van der Waals surface area contributed by atoms with Crippen LogP contribution in [0, 0.1) is 5.92 Å². The number of anilines is 2. The highest BCUT2D eigenvalue weighted by Gasteiger charge is 2.23. The molecule has 1 unspecified atom stereocenters. The van der Waals surface area contributed by atoms with Crippen molar-refractivity contribution in [2.45, 2.75) is 52.0 Å². The lowest BCUT2D eigenvalue weighted by molar-refractivity contribution is 0.638. The summed E-state index contributed by atoms with van der Waals surface area (Å²) in [7, 11) is 0. The number of rotatable bonds is 5. The van der Waals surface area contributed by atoms with E-state index in [9.17, 15) is 0 Å². The third kappa shape index (κ3) is 3.58. The van der Waals surface area contributed by atoms with Crippen molar-refractivity contribution in [3.63, 3.8) is 0 Å². The second-order valence-corrected chi connectivity index (χ2v) is 5.42. The molecule has 94 valence electrons. The van der Waals surface area contributed by atoms with Crippen LogP contribution < -0.4 is 11.1 Å². The van der Waals surface area contributed by atoms with E-state index in [0.29, 0.717) is 17.8 Å². The predicted octanol–water partition coefficient (Wildman–Crippen LogP) is 2.78. The highest BCUT2D eigenvalue weighted by molar-refractivity contribution is 5.45. The van der Waals surface area contributed by atoms with Crippen LogP contribution in [0.3, 0.4) is 0 Å². The van der Waals surface area contributed by atoms with Gasteiger partial charge < -0.3 is 11.1 Å². The summed E-state index contributed by atoms with van der Waals surface area (Å²) in [5.74, 6) is 3.43. The molecule has 0 saturated heterocycles. The molecule has 1 heterocycles. The van der Waals surface area contributed by atoms with Gasteiger partial charge in [-0.15, -0.1) is 0 Å². The lowest BCUT2D eigenvalue weighted by Crippen LogP contribution is -2.18. The van der Waals surface area contributed by atoms with E-state index >= 15 is 0 Å². The molecule has 3 N–H and O–H groups in total. The average Bonchev–Trinajstić information content (AvgIpc) is 3.00. The van der Waals surface area contributed by atoms with E-state index in [0.717, 1.165) is 17.6 Å². The summed E-state index contributed by atoms with van der Waals surface area (Å²) in [6.45, 7) is 6.35. The smallest absolute Gasteiger partial charge is 0.135 e. The van der Waals surface area contributed by atoms with Gasteiger partial charge >= 0.3 is 0 Å². The minimum atomic E-state index is 0.304. The molecule has 0 radical (unpaired) electrons. The van der Waals surface area contributed by atoms with Gasteiger partial charge in [0.1, 0.15) is 17.5 Å². The Bertz CT molecular complexity index is 385. The van der Waals surface area contributed by atoms with Crippen molar-refractivity contribution in [1.29, 1.82) is 0 Å². The van der Waals surface area contributed by atoms with Gasteiger partial charge in [0, 0.05) is 18.0 Å². The van der Waals surface area contributed by atoms with Gasteiger partial charge in [0.15, 0.2) is 0 Å². The van der Waals surface area contributed by atoms with Crippen LogP contribution in [0.1, 0.15) is 51.8 Å². The summed E-state index contributed by atoms with van der Waals surface area (Å²) in [6, 6.07) is 2.27. The molecular weight excluding hydrogens is 212 g/mol. The molecule has 1 aliphatic rings. The summed E-state index contributed by atoms with van der Waals surface area (Å²) < 4.78 is 0. The fourth-order valence-electron chi connectivity index (χ4n) is 1.98. The molecule has 1 aliphatic carbocycles. The normalized spacial score (nSPS) is 17.2. The number of nitrogens with one attached hydrogen (secondary N) is 1. The van der Waals surface area contributed by atoms with E-state index in [1.54, 1.807) is 0 Å². The summed E-state index contributed by atoms with van der Waals surface area (Å²) >= 11 is 0. The lowest BCUT2D eigenvalue weighted by atomic mass is 10.1. The largest absolute Gasteiger partial charge is 0.384 e. The SMILES string of the molecule is CC(CC1CC1)Nc1cc(N)nc(C(C)C)n1. The Balaban J connectivity index is 2.03. The molecule has 2 rings (SSSR count). The highest BCUT2D eigenvalue weighted by atomic mass is 15.1. The first-order chi connectivity index (χ1) is 8.04. The molecule has 1 aromatic heterocycles. The van der Waals surface area contributed by atoms with Crippen LogP contribution in [0.5, 0.6) is 0 Å². The molecule has 0 aromatic carbocycles. The maximum absolute atomic E-state index is 5.80. The van der Waals surface area contributed by atoms with Crippen LogP contribution >= 0.6 is 0 Å². The average molecular weight is 234 g/mol. The van der Waals surface area contributed by atoms with Crippen LogP contribution in [-0.2, 0) is 0 Å². The number of nitrogens with two attached hydrogens (primary N) is 1. The standard InChI is InChI=1S/C13H22N4/c1-8(2)13-16-11(14)7-12(17-13)15-9(3)6-10-4-5-10/h7-10H,4-6H2,1-3H3,(H3,14,15,16,17). The molecule has 17 heavy (non-hydrogen) atoms. The Morgan fingerprint density at radius 1 is 1.35 bits per heavy atom. The molecule has 1 fully saturated rings. The monoisotopic (exact) mass is 234 g/mol. The van der Waals surface area contributed by atoms with Crippen molar-refractivity contribution < 1.29 is 0 Å². The van der Waals surface area contributed by atoms with Crippen LogP contribution in [-0.4, -0.2) is 16.0 Å². The van der Waals surface area contributed by atoms with Crippen LogP contribution in [0.25, 0.3) is 0 Å². The van der Waals surface area contributed by atoms with Crippen molar-refractivity contribution in [3.05, 3.63) is 11.9 Å². The van der Waals surface area contributed by atoms with Gasteiger partial charge in [-0.3, -0.25) is 0 Å². The molecule has 0 aliphatic heterocycles. The molecule has 1 saturated carbocycles. The predicted molar refractivity (Wildman–Crippen MR) is 71.0 cm³/mol. The molecule has 0 amide bonds. The Morgan fingerprint density at radius 2 is 2.06 bits per heavy atom. The molecule has 4 heteroatoms. The zero-order valence-corrected chi connectivity index (χ0v) is 10.9.